The molecular formula is C22H26FN3O3. The minimum atomic E-state index is -1.27. The Balaban J connectivity index is 1.60. The largest absolute Gasteiger partial charge is 0.477 e. The number of anilines is 1. The summed E-state index contributed by atoms with van der Waals surface area (Å²) in [5.74, 6) is -1.06. The maximum absolute atomic E-state index is 15.2. The summed E-state index contributed by atoms with van der Waals surface area (Å²) in [5, 5.41) is 9.42. The normalized spacial score (nSPS) is 23.0. The van der Waals surface area contributed by atoms with Crippen LogP contribution in [0, 0.1) is 18.7 Å². The number of aromatic carboxylic acids is 1. The van der Waals surface area contributed by atoms with Crippen LogP contribution < -0.4 is 16.2 Å². The van der Waals surface area contributed by atoms with Crippen LogP contribution in [0.3, 0.4) is 0 Å². The topological polar surface area (TPSA) is 88.0 Å². The number of nitrogens with two attached hydrogens (primary N) is 1. The smallest absolute Gasteiger partial charge is 0.341 e. The van der Waals surface area contributed by atoms with Crippen molar-refractivity contribution < 1.29 is 14.3 Å². The minimum absolute atomic E-state index is 0.0165. The minimum Gasteiger partial charge on any atom is -0.477 e. The summed E-state index contributed by atoms with van der Waals surface area (Å²) in [6.45, 7) is 3.38. The van der Waals surface area contributed by atoms with Gasteiger partial charge in [-0.25, -0.2) is 9.18 Å². The van der Waals surface area contributed by atoms with E-state index in [0.29, 0.717) is 17.1 Å². The number of carboxylic acids is 1. The van der Waals surface area contributed by atoms with Crippen LogP contribution >= 0.6 is 0 Å². The average Bonchev–Trinajstić information content (AvgIpc) is 3.57. The number of rotatable bonds is 5. The Kier molecular flexibility index (Phi) is 4.04. The van der Waals surface area contributed by atoms with Gasteiger partial charge in [0.05, 0.1) is 17.4 Å². The highest BCUT2D eigenvalue weighted by molar-refractivity contribution is 5.89. The average molecular weight is 399 g/mol. The lowest BCUT2D eigenvalue weighted by Gasteiger charge is -2.24. The van der Waals surface area contributed by atoms with Gasteiger partial charge in [0.15, 0.2) is 5.82 Å². The van der Waals surface area contributed by atoms with Crippen LogP contribution in [0.1, 0.15) is 65.9 Å². The van der Waals surface area contributed by atoms with E-state index in [-0.39, 0.29) is 17.0 Å². The molecule has 3 aliphatic rings. The van der Waals surface area contributed by atoms with Crippen molar-refractivity contribution in [3.05, 3.63) is 45.1 Å². The molecule has 154 valence electrons. The van der Waals surface area contributed by atoms with Crippen molar-refractivity contribution in [2.24, 2.45) is 11.7 Å². The third-order valence-corrected chi connectivity index (χ3v) is 6.88. The maximum atomic E-state index is 15.2. The van der Waals surface area contributed by atoms with Crippen molar-refractivity contribution in [3.63, 3.8) is 0 Å². The number of carboxylic acid groups (broad SMARTS) is 1. The predicted molar refractivity (Wildman–Crippen MR) is 108 cm³/mol. The predicted octanol–water partition coefficient (Wildman–Crippen LogP) is 3.03. The lowest BCUT2D eigenvalue weighted by molar-refractivity contribution is 0.0694. The molecule has 1 aliphatic heterocycles. The van der Waals surface area contributed by atoms with Gasteiger partial charge in [0.2, 0.25) is 0 Å². The van der Waals surface area contributed by atoms with Gasteiger partial charge in [-0.2, -0.15) is 0 Å². The van der Waals surface area contributed by atoms with Gasteiger partial charge in [0.25, 0.3) is 5.56 Å². The highest BCUT2D eigenvalue weighted by Crippen LogP contribution is 2.45. The van der Waals surface area contributed by atoms with Crippen molar-refractivity contribution >= 4 is 17.2 Å². The monoisotopic (exact) mass is 399 g/mol. The quantitative estimate of drug-likeness (QED) is 0.807. The molecule has 2 aromatic rings. The van der Waals surface area contributed by atoms with Gasteiger partial charge in [-0.05, 0) is 74.5 Å². The number of hydrogen-bond donors (Lipinski definition) is 2. The van der Waals surface area contributed by atoms with Crippen LogP contribution in [-0.2, 0) is 0 Å². The molecule has 29 heavy (non-hydrogen) atoms. The molecule has 0 bridgehead atoms. The Bertz CT molecular complexity index is 1090. The molecule has 0 amide bonds. The van der Waals surface area contributed by atoms with E-state index < -0.39 is 17.3 Å². The van der Waals surface area contributed by atoms with E-state index in [9.17, 15) is 14.7 Å². The van der Waals surface area contributed by atoms with Crippen molar-refractivity contribution in [2.45, 2.75) is 56.9 Å². The molecule has 1 atom stereocenters. The second-order valence-electron chi connectivity index (χ2n) is 9.23. The fourth-order valence-electron chi connectivity index (χ4n) is 5.03. The van der Waals surface area contributed by atoms with Gasteiger partial charge in [0.1, 0.15) is 5.56 Å². The molecule has 7 heteroatoms. The molecule has 3 fully saturated rings. The van der Waals surface area contributed by atoms with Crippen molar-refractivity contribution in [2.75, 3.05) is 18.0 Å². The fraction of sp³-hybridized carbons (Fsp3) is 0.545. The number of carbonyl (C=O) groups is 1. The van der Waals surface area contributed by atoms with Gasteiger partial charge in [0, 0.05) is 18.6 Å². The fourth-order valence-corrected chi connectivity index (χ4v) is 5.03. The van der Waals surface area contributed by atoms with E-state index in [0.717, 1.165) is 62.7 Å². The molecule has 2 saturated carbocycles. The first-order valence-electron chi connectivity index (χ1n) is 10.4. The lowest BCUT2D eigenvalue weighted by atomic mass is 9.98. The van der Waals surface area contributed by atoms with Gasteiger partial charge in [-0.3, -0.25) is 9.20 Å². The van der Waals surface area contributed by atoms with Crippen LogP contribution in [0.25, 0.3) is 5.52 Å². The van der Waals surface area contributed by atoms with Crippen LogP contribution in [0.2, 0.25) is 0 Å². The van der Waals surface area contributed by atoms with Crippen molar-refractivity contribution in [3.8, 4) is 0 Å². The summed E-state index contributed by atoms with van der Waals surface area (Å²) in [4.78, 5) is 26.3. The molecule has 0 radical (unpaired) electrons. The number of aryl methyl sites for hydroxylation is 1. The van der Waals surface area contributed by atoms with Crippen LogP contribution in [0.5, 0.6) is 0 Å². The molecule has 3 heterocycles. The van der Waals surface area contributed by atoms with Crippen LogP contribution in [0.15, 0.2) is 17.1 Å². The summed E-state index contributed by atoms with van der Waals surface area (Å²) in [6, 6.07) is 1.50. The summed E-state index contributed by atoms with van der Waals surface area (Å²) >= 11 is 0. The Labute approximate surface area is 168 Å². The third kappa shape index (κ3) is 3.12. The van der Waals surface area contributed by atoms with Gasteiger partial charge >= 0.3 is 5.97 Å². The number of pyridine rings is 2. The van der Waals surface area contributed by atoms with E-state index in [4.69, 9.17) is 5.73 Å². The summed E-state index contributed by atoms with van der Waals surface area (Å²) in [6.07, 6.45) is 7.22. The number of halogens is 1. The highest BCUT2D eigenvalue weighted by atomic mass is 19.1. The number of nitrogens with zero attached hydrogens (tertiary/aromatic N) is 2. The number of aromatic nitrogens is 1. The summed E-state index contributed by atoms with van der Waals surface area (Å²) in [7, 11) is 0. The second kappa shape index (κ2) is 6.29. The highest BCUT2D eigenvalue weighted by Gasteiger charge is 2.42. The first-order valence-corrected chi connectivity index (χ1v) is 10.4. The Morgan fingerprint density at radius 1 is 1.34 bits per heavy atom. The van der Waals surface area contributed by atoms with Gasteiger partial charge < -0.3 is 15.7 Å². The number of hydrogen-bond acceptors (Lipinski definition) is 4. The first-order chi connectivity index (χ1) is 13.8. The Hall–Kier alpha value is -2.41. The molecule has 2 aliphatic carbocycles. The van der Waals surface area contributed by atoms with Gasteiger partial charge in [-0.1, -0.05) is 0 Å². The van der Waals surface area contributed by atoms with Crippen molar-refractivity contribution in [1.82, 2.24) is 4.40 Å². The molecule has 1 unspecified atom stereocenters. The standard InChI is InChI=1S/C22H26FN3O3/c1-12-18-15(14-2-3-14)8-16(21(28)29)20(27)26(18)11-17(23)19(12)25-7-4-13(10-25)9-22(24)5-6-22/h8,11,13-14H,2-7,9-10,24H2,1H3,(H,28,29). The van der Waals surface area contributed by atoms with Crippen LogP contribution in [0.4, 0.5) is 10.1 Å². The zero-order valence-corrected chi connectivity index (χ0v) is 16.6. The molecule has 6 nitrogen and oxygen atoms in total. The van der Waals surface area contributed by atoms with E-state index in [1.807, 2.05) is 6.92 Å². The number of fused-ring (bicyclic) bond motifs is 1. The van der Waals surface area contributed by atoms with E-state index in [1.54, 1.807) is 0 Å². The molecule has 2 aromatic heterocycles. The maximum Gasteiger partial charge on any atom is 0.341 e. The molecule has 0 spiro atoms. The van der Waals surface area contributed by atoms with E-state index in [1.165, 1.54) is 16.7 Å². The molecule has 3 N–H and O–H groups in total. The molecule has 0 aromatic carbocycles. The van der Waals surface area contributed by atoms with Crippen molar-refractivity contribution in [1.29, 1.82) is 0 Å². The molecule has 5 rings (SSSR count). The Morgan fingerprint density at radius 3 is 2.69 bits per heavy atom. The van der Waals surface area contributed by atoms with Crippen LogP contribution in [-0.4, -0.2) is 34.1 Å². The first kappa shape index (κ1) is 18.6. The Morgan fingerprint density at radius 2 is 2.07 bits per heavy atom. The summed E-state index contributed by atoms with van der Waals surface area (Å²) in [5.41, 5.74) is 8.06. The third-order valence-electron chi connectivity index (χ3n) is 6.88. The van der Waals surface area contributed by atoms with Gasteiger partial charge in [-0.15, -0.1) is 0 Å². The SMILES string of the molecule is Cc1c(N2CCC(CC3(N)CC3)C2)c(F)cn2c(=O)c(C(=O)O)cc(C3CC3)c12. The second-order valence-corrected chi connectivity index (χ2v) is 9.23. The van der Waals surface area contributed by atoms with E-state index in [2.05, 4.69) is 4.90 Å². The van der Waals surface area contributed by atoms with E-state index >= 15 is 4.39 Å². The zero-order valence-electron chi connectivity index (χ0n) is 16.6. The lowest BCUT2D eigenvalue weighted by Crippen LogP contribution is -2.29. The zero-order chi connectivity index (χ0) is 20.5. The molecule has 1 saturated heterocycles. The molecular weight excluding hydrogens is 373 g/mol. The summed E-state index contributed by atoms with van der Waals surface area (Å²) < 4.78 is 16.4.